The highest BCUT2D eigenvalue weighted by Gasteiger charge is 2.50. The van der Waals surface area contributed by atoms with Gasteiger partial charge in [0.25, 0.3) is 17.6 Å². The summed E-state index contributed by atoms with van der Waals surface area (Å²) in [5.74, 6) is -6.18. The van der Waals surface area contributed by atoms with Crippen LogP contribution in [0.25, 0.3) is 33.3 Å². The van der Waals surface area contributed by atoms with Crippen LogP contribution in [0.15, 0.2) is 109 Å². The number of nitrogens with zero attached hydrogens (tertiary/aromatic N) is 14. The Kier molecular flexibility index (Phi) is 34.9. The van der Waals surface area contributed by atoms with Crippen molar-refractivity contribution in [1.82, 2.24) is 69.7 Å². The highest BCUT2D eigenvalue weighted by molar-refractivity contribution is 6.39. The number of Topliss-reactive ketones (excluding diaryl/α,β-unsaturated/α-hetero) is 3. The number of aromatic amines is 1. The third kappa shape index (κ3) is 25.8. The van der Waals surface area contributed by atoms with Crippen LogP contribution in [0.4, 0.5) is 28.3 Å². The number of nitrogens with two attached hydrogens (primary N) is 2. The minimum atomic E-state index is -2.43. The third-order valence-electron chi connectivity index (χ3n) is 26.9. The summed E-state index contributed by atoms with van der Waals surface area (Å²) in [7, 11) is 2.94. The Morgan fingerprint density at radius 3 is 2.17 bits per heavy atom. The van der Waals surface area contributed by atoms with Crippen LogP contribution in [0.2, 0.25) is 0 Å². The van der Waals surface area contributed by atoms with Gasteiger partial charge in [-0.15, -0.1) is 0 Å². The molecule has 0 radical (unpaired) electrons. The zero-order valence-electron chi connectivity index (χ0n) is 78.5. The maximum Gasteiger partial charge on any atom is 0.410 e. The second kappa shape index (κ2) is 47.4. The number of amides is 4. The quantitative estimate of drug-likeness (QED) is 0.0121. The second-order valence-corrected chi connectivity index (χ2v) is 36.5. The van der Waals surface area contributed by atoms with Crippen molar-refractivity contribution in [2.45, 2.75) is 218 Å². The molecule has 1 aliphatic carbocycles. The molecule has 1 aromatic carbocycles. The minimum absolute atomic E-state index is 0.0140. The predicted molar refractivity (Wildman–Crippen MR) is 501 cm³/mol. The number of cyclic esters (lactones) is 1. The first-order valence-electron chi connectivity index (χ1n) is 47.6. The van der Waals surface area contributed by atoms with Crippen molar-refractivity contribution in [2.24, 2.45) is 23.7 Å². The summed E-state index contributed by atoms with van der Waals surface area (Å²) in [6.45, 7) is 16.4. The van der Waals surface area contributed by atoms with Crippen molar-refractivity contribution in [2.75, 3.05) is 141 Å². The summed E-state index contributed by atoms with van der Waals surface area (Å²) in [6, 6.07) is 9.14. The van der Waals surface area contributed by atoms with Gasteiger partial charge >= 0.3 is 12.1 Å². The molecule has 6 aromatic heterocycles. The first kappa shape index (κ1) is 99.5. The van der Waals surface area contributed by atoms with E-state index in [4.69, 9.17) is 69.2 Å². The average molecular weight is 1860 g/mol. The molecule has 4 fully saturated rings. The van der Waals surface area contributed by atoms with Gasteiger partial charge in [0.2, 0.25) is 23.6 Å². The molecular formula is C98H130N18O19. The number of aliphatic hydroxyl groups is 2. The number of H-pyrrole nitrogens is 1. The van der Waals surface area contributed by atoms with E-state index in [-0.39, 0.29) is 112 Å². The van der Waals surface area contributed by atoms with Crippen molar-refractivity contribution in [3.8, 4) is 11.3 Å². The third-order valence-corrected chi connectivity index (χ3v) is 26.9. The molecule has 6 aliphatic heterocycles. The number of methoxy groups -OCH3 is 2. The lowest BCUT2D eigenvalue weighted by Gasteiger charge is -2.39. The summed E-state index contributed by atoms with van der Waals surface area (Å²) in [4.78, 5) is 156. The fraction of sp³-hybridized carbons (Fsp3) is 0.571. The number of allylic oxidation sites excluding steroid dienone is 6. The number of piperidine rings is 1. The second-order valence-electron chi connectivity index (χ2n) is 36.5. The smallest absolute Gasteiger partial charge is 0.410 e. The predicted octanol–water partition coefficient (Wildman–Crippen LogP) is 8.84. The van der Waals surface area contributed by atoms with Gasteiger partial charge in [0.15, 0.2) is 11.4 Å². The number of esters is 1. The van der Waals surface area contributed by atoms with Crippen molar-refractivity contribution < 1.29 is 91.2 Å². The number of benzene rings is 1. The fourth-order valence-corrected chi connectivity index (χ4v) is 19.0. The van der Waals surface area contributed by atoms with Gasteiger partial charge in [0.05, 0.1) is 101 Å². The van der Waals surface area contributed by atoms with Crippen LogP contribution in [0, 0.1) is 23.7 Å². The lowest BCUT2D eigenvalue weighted by molar-refractivity contribution is -0.245. The molecule has 8 N–H and O–H groups in total. The van der Waals surface area contributed by atoms with Crippen LogP contribution in [0.1, 0.15) is 176 Å². The maximum absolute atomic E-state index is 14.6. The number of carbonyl (C=O) groups excluding carboxylic acids is 8. The van der Waals surface area contributed by atoms with Gasteiger partial charge in [-0.1, -0.05) is 75.4 Å². The Morgan fingerprint density at radius 1 is 0.696 bits per heavy atom. The van der Waals surface area contributed by atoms with Gasteiger partial charge < -0.3 is 99.1 Å². The average Bonchev–Trinajstić information content (AvgIpc) is 1.60. The molecule has 7 aliphatic rings. The van der Waals surface area contributed by atoms with E-state index in [2.05, 4.69) is 58.3 Å². The first-order chi connectivity index (χ1) is 65.3. The molecule has 10 atom stereocenters. The monoisotopic (exact) mass is 1860 g/mol. The van der Waals surface area contributed by atoms with Gasteiger partial charge in [0, 0.05) is 152 Å². The molecule has 37 nitrogen and oxygen atoms in total. The standard InChI is InChI=1S/C98H130N18O19/c1-61-14-9-8-10-15-62(2)80(127-6)53-75-16-13-30-98(126,135-75)87(121)93(123)115-33-12-11-17-78(115)94(124)133-74(52-79(117)63(3)49-65(5)85(120)86(128-7)84(119)64(4)48-61)25-21-66-19-23-73(24-20-66)134-97(125)114-35-28-77-72(59-114)55-104-95(108-77)111-36-38-112(39-37-111)96-105-56-76(88(99)109-96)92(122)102-32-41-130-43-45-132-47-46-131-44-42-129-40-29-81(118)113-34-27-68-50-67(18-22-70(68)58-113)57-116-91-82(89(100)106-60-107-91)83(110-116)71-51-69-26-31-101-90(69)103-54-71/h8-10,14-15,18,22,26,31,49-51,54-56,60-61,63-64,66,73-75,78,80,85-86,120,126H,11-13,16-17,19-21,23-25,27-30,32-48,52-53,57-59H2,1-7H3,(H,101,103)(H,102,122)(H2,99,105,109)(H2,100,106,107)/b10-8+,14-9+,62-15+,65-49+/t61-,63-,64-,66-,73-,74-,75?,78+,80+,85-,86+,98-/m1/s1. The number of carbonyl (C=O) groups is 8. The van der Waals surface area contributed by atoms with Gasteiger partial charge in [-0.25, -0.2) is 44.2 Å². The molecule has 3 saturated heterocycles. The van der Waals surface area contributed by atoms with Crippen molar-refractivity contribution >= 4 is 92.7 Å². The number of hydrogen-bond donors (Lipinski definition) is 6. The topological polar surface area (TPSA) is 464 Å². The Hall–Kier alpha value is -11.4. The molecule has 4 amide bonds. The number of pyridine rings is 1. The van der Waals surface area contributed by atoms with E-state index < -0.39 is 83.8 Å². The van der Waals surface area contributed by atoms with Gasteiger partial charge in [-0.3, -0.25) is 28.8 Å². The Balaban J connectivity index is 0.466. The molecular weight excluding hydrogens is 1730 g/mol. The number of ether oxygens (including phenoxy) is 9. The van der Waals surface area contributed by atoms with Crippen LogP contribution in [-0.2, 0) is 104 Å². The number of fused-ring (bicyclic) bond motifs is 7. The maximum atomic E-state index is 14.6. The number of aliphatic hydroxyl groups excluding tert-OH is 1. The summed E-state index contributed by atoms with van der Waals surface area (Å²) < 4.78 is 54.6. The molecule has 726 valence electrons. The van der Waals surface area contributed by atoms with Gasteiger partial charge in [-0.2, -0.15) is 10.1 Å². The van der Waals surface area contributed by atoms with E-state index >= 15 is 0 Å². The highest BCUT2D eigenvalue weighted by atomic mass is 16.6. The normalized spacial score (nSPS) is 25.9. The van der Waals surface area contributed by atoms with Crippen LogP contribution < -0.4 is 26.6 Å². The number of aromatic nitrogens is 10. The molecule has 37 heteroatoms. The molecule has 1 unspecified atom stereocenters. The molecule has 7 aromatic rings. The lowest BCUT2D eigenvalue weighted by Crippen LogP contribution is -2.58. The zero-order valence-corrected chi connectivity index (χ0v) is 78.5. The first-order valence-corrected chi connectivity index (χ1v) is 47.6. The van der Waals surface area contributed by atoms with Crippen molar-refractivity contribution in [1.29, 1.82) is 0 Å². The van der Waals surface area contributed by atoms with E-state index in [1.165, 1.54) is 30.1 Å². The number of anilines is 4. The minimum Gasteiger partial charge on any atom is -0.460 e. The van der Waals surface area contributed by atoms with Crippen LogP contribution in [0.5, 0.6) is 0 Å². The largest absolute Gasteiger partial charge is 0.460 e. The highest BCUT2D eigenvalue weighted by Crippen LogP contribution is 2.38. The molecule has 1 saturated carbocycles. The van der Waals surface area contributed by atoms with E-state index in [0.717, 1.165) is 51.0 Å². The van der Waals surface area contributed by atoms with Crippen molar-refractivity contribution in [3.63, 3.8) is 0 Å². The van der Waals surface area contributed by atoms with Crippen LogP contribution in [-0.4, -0.2) is 290 Å². The molecule has 2 bridgehead atoms. The Labute approximate surface area is 786 Å². The van der Waals surface area contributed by atoms with Gasteiger partial charge in [0.1, 0.15) is 65.5 Å². The van der Waals surface area contributed by atoms with E-state index in [1.54, 1.807) is 44.3 Å². The Morgan fingerprint density at radius 2 is 1.42 bits per heavy atom. The summed E-state index contributed by atoms with van der Waals surface area (Å²) in [5, 5.41) is 32.9. The number of nitrogens with one attached hydrogen (secondary N) is 2. The summed E-state index contributed by atoms with van der Waals surface area (Å²) in [6.07, 6.45) is 21.5. The van der Waals surface area contributed by atoms with Crippen LogP contribution in [0.3, 0.4) is 0 Å². The Bertz CT molecular complexity index is 5430. The number of hydrogen-bond acceptors (Lipinski definition) is 31. The SMILES string of the molecule is CO[C@H]1CC2CCC[C@@](O)(O2)C(=O)C(=O)N2CCCC[C@H]2C(=O)O[C@H](CC[C@H]2CC[C@H](OC(=O)N3CCc4nc(N5CCN(c6ncc(C(=O)NCCOCCOCCOCCOCCC(=O)N7CCc8cc(Cn9nc(-c%10cnc%11[nH]ccc%11c%10)c%10c(N)ncnc%109)ccc8C7)c(N)n6)CC5)ncc4C3)CC2)CC(=O)[C@H](C)/C=C(\C)[C@@H](O)[C@@H](OC)C(=O)[C@H](C)C[C@H](C)/C=C/C=C/C=C/1C. The van der Waals surface area contributed by atoms with Gasteiger partial charge in [-0.05, 0) is 149 Å². The molecule has 14 rings (SSSR count). The number of nitrogen functional groups attached to an aromatic ring is 2. The fourth-order valence-electron chi connectivity index (χ4n) is 19.0. The summed E-state index contributed by atoms with van der Waals surface area (Å²) >= 11 is 0. The number of piperazine rings is 1. The lowest BCUT2D eigenvalue weighted by atomic mass is 9.83. The van der Waals surface area contributed by atoms with Crippen molar-refractivity contribution in [3.05, 3.63) is 143 Å². The molecule has 135 heavy (non-hydrogen) atoms. The number of ketones is 3. The van der Waals surface area contributed by atoms with Crippen LogP contribution >= 0.6 is 0 Å². The van der Waals surface area contributed by atoms with E-state index in [0.29, 0.717) is 209 Å². The summed E-state index contributed by atoms with van der Waals surface area (Å²) in [5.41, 5.74) is 22.0. The number of rotatable bonds is 27. The van der Waals surface area contributed by atoms with E-state index in [9.17, 15) is 48.6 Å². The zero-order chi connectivity index (χ0) is 95.2. The molecule has 0 spiro atoms. The molecule has 12 heterocycles. The van der Waals surface area contributed by atoms with E-state index in [1.807, 2.05) is 84.0 Å².